The summed E-state index contributed by atoms with van der Waals surface area (Å²) in [5.41, 5.74) is 1.49. The predicted octanol–water partition coefficient (Wildman–Crippen LogP) is 4.05. The molecular formula is C26H36N6O3. The van der Waals surface area contributed by atoms with Crippen LogP contribution in [0, 0.1) is 18.4 Å². The van der Waals surface area contributed by atoms with Gasteiger partial charge in [0.15, 0.2) is 6.19 Å². The second kappa shape index (κ2) is 12.8. The molecule has 1 aliphatic rings. The van der Waals surface area contributed by atoms with Crippen LogP contribution in [-0.2, 0) is 9.59 Å². The molecule has 0 bridgehead atoms. The average molecular weight is 481 g/mol. The largest absolute Gasteiger partial charge is 0.461 e. The van der Waals surface area contributed by atoms with Crippen molar-refractivity contribution in [2.24, 2.45) is 4.99 Å². The summed E-state index contributed by atoms with van der Waals surface area (Å²) in [5.74, 6) is 0.659. The van der Waals surface area contributed by atoms with E-state index in [-0.39, 0.29) is 30.4 Å². The summed E-state index contributed by atoms with van der Waals surface area (Å²) in [5, 5.41) is 18.8. The van der Waals surface area contributed by atoms with E-state index in [9.17, 15) is 14.9 Å². The van der Waals surface area contributed by atoms with Crippen LogP contribution in [0.15, 0.2) is 33.7 Å². The van der Waals surface area contributed by atoms with Gasteiger partial charge in [0.05, 0.1) is 6.54 Å². The Bertz CT molecular complexity index is 1090. The molecule has 1 aromatic carbocycles. The minimum absolute atomic E-state index is 0.0217. The maximum Gasteiger partial charge on any atom is 0.247 e. The number of hydrogen-bond donors (Lipinski definition) is 3. The normalized spacial score (nSPS) is 17.5. The van der Waals surface area contributed by atoms with Crippen molar-refractivity contribution in [3.05, 3.63) is 30.0 Å². The first kappa shape index (κ1) is 26.1. The van der Waals surface area contributed by atoms with E-state index in [1.165, 1.54) is 0 Å². The molecule has 2 amide bonds. The van der Waals surface area contributed by atoms with Gasteiger partial charge in [-0.15, -0.1) is 0 Å². The number of amides is 2. The van der Waals surface area contributed by atoms with E-state index in [0.29, 0.717) is 18.7 Å². The Balaban J connectivity index is 1.67. The quantitative estimate of drug-likeness (QED) is 0.164. The number of benzene rings is 1. The van der Waals surface area contributed by atoms with Crippen molar-refractivity contribution in [3.63, 3.8) is 0 Å². The van der Waals surface area contributed by atoms with Gasteiger partial charge in [0, 0.05) is 23.7 Å². The lowest BCUT2D eigenvalue weighted by Gasteiger charge is -2.24. The number of carbonyl (C=O) groups excluding carboxylic acids is 2. The lowest BCUT2D eigenvalue weighted by atomic mass is 10.1. The number of hydrogen-bond acceptors (Lipinski definition) is 5. The number of guanidine groups is 1. The Labute approximate surface area is 206 Å². The number of nitriles is 1. The van der Waals surface area contributed by atoms with Crippen LogP contribution in [0.5, 0.6) is 0 Å². The number of aryl methyl sites for hydroxylation is 1. The summed E-state index contributed by atoms with van der Waals surface area (Å²) in [6, 6.07) is 6.90. The van der Waals surface area contributed by atoms with E-state index < -0.39 is 6.04 Å². The smallest absolute Gasteiger partial charge is 0.247 e. The van der Waals surface area contributed by atoms with Gasteiger partial charge < -0.3 is 20.0 Å². The molecule has 1 saturated heterocycles. The molecule has 2 heterocycles. The molecular weight excluding hydrogens is 444 g/mol. The molecule has 35 heavy (non-hydrogen) atoms. The molecule has 3 N–H and O–H groups in total. The Morgan fingerprint density at radius 3 is 2.91 bits per heavy atom. The standard InChI is InChI=1S/C26H36N6O3/c1-4-5-6-9-18(2)29-24(33)16-32-13-8-7-10-22(25(32)34)31-26(28-17-27)30-21-11-12-23-20(15-21)14-19(3)35-23/h11-12,14-15,18,22H,4-10,13,16H2,1-3H3,(H,29,33)(H2,28,30,31). The van der Waals surface area contributed by atoms with Gasteiger partial charge in [0.1, 0.15) is 17.4 Å². The molecule has 2 aromatic rings. The van der Waals surface area contributed by atoms with E-state index in [0.717, 1.165) is 55.3 Å². The summed E-state index contributed by atoms with van der Waals surface area (Å²) in [4.78, 5) is 31.9. The Morgan fingerprint density at radius 1 is 1.31 bits per heavy atom. The molecule has 0 radical (unpaired) electrons. The molecule has 2 atom stereocenters. The first-order valence-corrected chi connectivity index (χ1v) is 12.5. The third-order valence-electron chi connectivity index (χ3n) is 6.10. The summed E-state index contributed by atoms with van der Waals surface area (Å²) >= 11 is 0. The zero-order valence-electron chi connectivity index (χ0n) is 20.9. The second-order valence-electron chi connectivity index (χ2n) is 9.18. The second-order valence-corrected chi connectivity index (χ2v) is 9.18. The van der Waals surface area contributed by atoms with Crippen molar-refractivity contribution >= 4 is 34.4 Å². The number of aliphatic imine (C=N–C) groups is 1. The first-order valence-electron chi connectivity index (χ1n) is 12.5. The molecule has 9 nitrogen and oxygen atoms in total. The van der Waals surface area contributed by atoms with Crippen LogP contribution in [0.3, 0.4) is 0 Å². The molecule has 0 aliphatic carbocycles. The summed E-state index contributed by atoms with van der Waals surface area (Å²) in [7, 11) is 0. The molecule has 0 saturated carbocycles. The number of carbonyl (C=O) groups is 2. The van der Waals surface area contributed by atoms with Crippen molar-refractivity contribution in [2.45, 2.75) is 77.8 Å². The summed E-state index contributed by atoms with van der Waals surface area (Å²) in [6.07, 6.45) is 8.35. The number of rotatable bonds is 9. The maximum atomic E-state index is 13.2. The van der Waals surface area contributed by atoms with Gasteiger partial charge in [-0.25, -0.2) is 4.99 Å². The number of nitrogens with one attached hydrogen (secondary N) is 3. The number of likely N-dealkylation sites (tertiary alicyclic amines) is 1. The lowest BCUT2D eigenvalue weighted by Crippen LogP contribution is -2.46. The number of nitrogens with zero attached hydrogens (tertiary/aromatic N) is 3. The topological polar surface area (TPSA) is 123 Å². The lowest BCUT2D eigenvalue weighted by molar-refractivity contribution is -0.136. The van der Waals surface area contributed by atoms with Crippen LogP contribution in [0.25, 0.3) is 11.0 Å². The van der Waals surface area contributed by atoms with Crippen LogP contribution in [0.2, 0.25) is 0 Å². The average Bonchev–Trinajstić information content (AvgIpc) is 3.10. The minimum atomic E-state index is -0.671. The van der Waals surface area contributed by atoms with Crippen LogP contribution in [0.1, 0.15) is 64.6 Å². The zero-order chi connectivity index (χ0) is 25.2. The van der Waals surface area contributed by atoms with Crippen LogP contribution in [0.4, 0.5) is 5.69 Å². The van der Waals surface area contributed by atoms with Gasteiger partial charge >= 0.3 is 0 Å². The van der Waals surface area contributed by atoms with Gasteiger partial charge in [-0.1, -0.05) is 26.2 Å². The first-order chi connectivity index (χ1) is 16.9. The third-order valence-corrected chi connectivity index (χ3v) is 6.10. The Kier molecular flexibility index (Phi) is 9.53. The van der Waals surface area contributed by atoms with E-state index in [1.807, 2.05) is 44.3 Å². The Hall–Kier alpha value is -3.54. The van der Waals surface area contributed by atoms with Crippen molar-refractivity contribution in [3.8, 4) is 6.19 Å². The minimum Gasteiger partial charge on any atom is -0.461 e. The highest BCUT2D eigenvalue weighted by atomic mass is 16.3. The fraction of sp³-hybridized carbons (Fsp3) is 0.538. The fourth-order valence-corrected chi connectivity index (χ4v) is 4.32. The van der Waals surface area contributed by atoms with E-state index in [2.05, 4.69) is 27.9 Å². The molecule has 3 rings (SSSR count). The zero-order valence-corrected chi connectivity index (χ0v) is 20.9. The van der Waals surface area contributed by atoms with Crippen molar-refractivity contribution in [1.29, 1.82) is 5.26 Å². The van der Waals surface area contributed by atoms with Gasteiger partial charge in [-0.05, 0) is 63.8 Å². The van der Waals surface area contributed by atoms with Crippen molar-refractivity contribution < 1.29 is 14.0 Å². The Morgan fingerprint density at radius 2 is 2.14 bits per heavy atom. The third kappa shape index (κ3) is 7.74. The highest BCUT2D eigenvalue weighted by Gasteiger charge is 2.28. The molecule has 1 aliphatic heterocycles. The number of unbranched alkanes of at least 4 members (excludes halogenated alkanes) is 2. The van der Waals surface area contributed by atoms with Gasteiger partial charge in [0.25, 0.3) is 0 Å². The predicted molar refractivity (Wildman–Crippen MR) is 137 cm³/mol. The van der Waals surface area contributed by atoms with Crippen LogP contribution < -0.4 is 16.0 Å². The number of fused-ring (bicyclic) bond motifs is 1. The molecule has 2 unspecified atom stereocenters. The fourth-order valence-electron chi connectivity index (χ4n) is 4.32. The van der Waals surface area contributed by atoms with E-state index >= 15 is 0 Å². The van der Waals surface area contributed by atoms with Gasteiger partial charge in [-0.2, -0.15) is 5.26 Å². The van der Waals surface area contributed by atoms with Gasteiger partial charge in [-0.3, -0.25) is 14.9 Å². The highest BCUT2D eigenvalue weighted by Crippen LogP contribution is 2.23. The number of anilines is 1. The molecule has 1 fully saturated rings. The van der Waals surface area contributed by atoms with Crippen LogP contribution >= 0.6 is 0 Å². The van der Waals surface area contributed by atoms with Crippen molar-refractivity contribution in [1.82, 2.24) is 15.5 Å². The van der Waals surface area contributed by atoms with Crippen molar-refractivity contribution in [2.75, 3.05) is 18.4 Å². The van der Waals surface area contributed by atoms with Crippen LogP contribution in [-0.4, -0.2) is 47.8 Å². The molecule has 0 spiro atoms. The van der Waals surface area contributed by atoms with Gasteiger partial charge in [0.2, 0.25) is 17.8 Å². The SMILES string of the molecule is CCCCCC(C)NC(=O)CN1CCCCC(N=C(NC#N)Nc2ccc3oc(C)cc3c2)C1=O. The summed E-state index contributed by atoms with van der Waals surface area (Å²) < 4.78 is 5.61. The van der Waals surface area contributed by atoms with E-state index in [4.69, 9.17) is 4.42 Å². The molecule has 9 heteroatoms. The highest BCUT2D eigenvalue weighted by molar-refractivity contribution is 5.98. The monoisotopic (exact) mass is 480 g/mol. The molecule has 1 aromatic heterocycles. The summed E-state index contributed by atoms with van der Waals surface area (Å²) in [6.45, 7) is 6.58. The maximum absolute atomic E-state index is 13.2. The molecule has 188 valence electrons. The number of furan rings is 1. The van der Waals surface area contributed by atoms with E-state index in [1.54, 1.807) is 4.90 Å².